The third-order valence-corrected chi connectivity index (χ3v) is 5.20. The number of piperidine rings is 1. The van der Waals surface area contributed by atoms with Gasteiger partial charge in [-0.25, -0.2) is 9.78 Å². The Labute approximate surface area is 144 Å². The van der Waals surface area contributed by atoms with Crippen LogP contribution in [0.5, 0.6) is 0 Å². The van der Waals surface area contributed by atoms with Crippen molar-refractivity contribution in [3.63, 3.8) is 0 Å². The number of hydrogen-bond acceptors (Lipinski definition) is 2. The van der Waals surface area contributed by atoms with Gasteiger partial charge in [0.1, 0.15) is 0 Å². The molecule has 5 nitrogen and oxygen atoms in total. The van der Waals surface area contributed by atoms with E-state index in [0.29, 0.717) is 12.0 Å². The fraction of sp³-hybridized carbons (Fsp3) is 0.579. The Bertz CT molecular complexity index is 669. The first-order chi connectivity index (χ1) is 11.7. The molecule has 2 amide bonds. The molecule has 0 radical (unpaired) electrons. The minimum atomic E-state index is 0.107. The van der Waals surface area contributed by atoms with Gasteiger partial charge in [-0.05, 0) is 43.7 Å². The maximum Gasteiger partial charge on any atom is 0.317 e. The molecule has 3 rings (SSSR count). The predicted molar refractivity (Wildman–Crippen MR) is 96.9 cm³/mol. The van der Waals surface area contributed by atoms with E-state index in [2.05, 4.69) is 46.9 Å². The van der Waals surface area contributed by atoms with Gasteiger partial charge in [-0.3, -0.25) is 0 Å². The van der Waals surface area contributed by atoms with Crippen molar-refractivity contribution in [1.82, 2.24) is 19.8 Å². The van der Waals surface area contributed by atoms with Crippen molar-refractivity contribution < 1.29 is 4.79 Å². The number of nitrogens with one attached hydrogen (secondary N) is 1. The molecule has 2 aromatic rings. The second kappa shape index (κ2) is 7.69. The summed E-state index contributed by atoms with van der Waals surface area (Å²) in [6.45, 7) is 6.93. The Balaban J connectivity index is 1.53. The average Bonchev–Trinajstić information content (AvgIpc) is 3.03. The molecule has 5 heteroatoms. The van der Waals surface area contributed by atoms with Crippen LogP contribution in [0, 0.1) is 5.92 Å². The molecule has 2 heterocycles. The van der Waals surface area contributed by atoms with Gasteiger partial charge >= 0.3 is 6.03 Å². The highest BCUT2D eigenvalue weighted by atomic mass is 16.2. The fourth-order valence-corrected chi connectivity index (χ4v) is 3.51. The molecule has 0 spiro atoms. The Morgan fingerprint density at radius 1 is 1.25 bits per heavy atom. The summed E-state index contributed by atoms with van der Waals surface area (Å²) < 4.78 is 2.25. The first-order valence-corrected chi connectivity index (χ1v) is 9.16. The van der Waals surface area contributed by atoms with Crippen LogP contribution in [0.4, 0.5) is 4.79 Å². The molecule has 0 aliphatic carbocycles. The molecule has 1 fully saturated rings. The number of urea groups is 1. The molecule has 0 bridgehead atoms. The van der Waals surface area contributed by atoms with Crippen LogP contribution in [0.25, 0.3) is 11.0 Å². The number of carbonyl (C=O) groups is 1. The van der Waals surface area contributed by atoms with Crippen molar-refractivity contribution in [2.75, 3.05) is 13.1 Å². The molecule has 1 aliphatic rings. The summed E-state index contributed by atoms with van der Waals surface area (Å²) in [5.41, 5.74) is 2.26. The van der Waals surface area contributed by atoms with Crippen LogP contribution in [0.2, 0.25) is 0 Å². The second-order valence-electron chi connectivity index (χ2n) is 6.78. The van der Waals surface area contributed by atoms with E-state index in [4.69, 9.17) is 0 Å². The quantitative estimate of drug-likeness (QED) is 0.911. The van der Waals surface area contributed by atoms with Gasteiger partial charge in [0.25, 0.3) is 0 Å². The number of aromatic nitrogens is 2. The van der Waals surface area contributed by atoms with Crippen LogP contribution in [0.1, 0.15) is 39.5 Å². The van der Waals surface area contributed by atoms with E-state index in [9.17, 15) is 4.79 Å². The maximum atomic E-state index is 12.3. The first-order valence-electron chi connectivity index (χ1n) is 9.16. The van der Waals surface area contributed by atoms with Gasteiger partial charge < -0.3 is 14.8 Å². The fourth-order valence-electron chi connectivity index (χ4n) is 3.51. The van der Waals surface area contributed by atoms with Crippen LogP contribution in [-0.4, -0.2) is 39.6 Å². The number of hydrogen-bond donors (Lipinski definition) is 1. The van der Waals surface area contributed by atoms with E-state index >= 15 is 0 Å². The molecule has 1 saturated heterocycles. The number of nitrogens with zero attached hydrogens (tertiary/aromatic N) is 3. The molecule has 1 aromatic heterocycles. The van der Waals surface area contributed by atoms with Crippen LogP contribution in [-0.2, 0) is 6.54 Å². The van der Waals surface area contributed by atoms with Gasteiger partial charge in [0.2, 0.25) is 0 Å². The van der Waals surface area contributed by atoms with Crippen molar-refractivity contribution in [1.29, 1.82) is 0 Å². The molecular formula is C19H28N4O. The lowest BCUT2D eigenvalue weighted by atomic mass is 9.97. The molecule has 1 aliphatic heterocycles. The number of likely N-dealkylation sites (tertiary alicyclic amines) is 1. The van der Waals surface area contributed by atoms with Crippen LogP contribution >= 0.6 is 0 Å². The van der Waals surface area contributed by atoms with Crippen molar-refractivity contribution in [2.24, 2.45) is 5.92 Å². The summed E-state index contributed by atoms with van der Waals surface area (Å²) in [5, 5.41) is 3.14. The Kier molecular flexibility index (Phi) is 5.38. The van der Waals surface area contributed by atoms with Crippen molar-refractivity contribution in [3.8, 4) is 0 Å². The van der Waals surface area contributed by atoms with Crippen molar-refractivity contribution >= 4 is 17.1 Å². The summed E-state index contributed by atoms with van der Waals surface area (Å²) in [6.07, 6.45) is 6.04. The van der Waals surface area contributed by atoms with E-state index in [-0.39, 0.29) is 6.03 Å². The summed E-state index contributed by atoms with van der Waals surface area (Å²) in [7, 11) is 0. The molecule has 1 N–H and O–H groups in total. The van der Waals surface area contributed by atoms with E-state index in [1.807, 2.05) is 17.3 Å². The van der Waals surface area contributed by atoms with Gasteiger partial charge in [0.15, 0.2) is 0 Å². The van der Waals surface area contributed by atoms with E-state index in [0.717, 1.165) is 50.8 Å². The number of para-hydroxylation sites is 2. The maximum absolute atomic E-state index is 12.3. The lowest BCUT2D eigenvalue weighted by molar-refractivity contribution is 0.162. The zero-order valence-electron chi connectivity index (χ0n) is 14.7. The highest BCUT2D eigenvalue weighted by molar-refractivity contribution is 5.75. The van der Waals surface area contributed by atoms with Crippen LogP contribution in [0.3, 0.4) is 0 Å². The molecular weight excluding hydrogens is 300 g/mol. The van der Waals surface area contributed by atoms with Crippen molar-refractivity contribution in [3.05, 3.63) is 30.6 Å². The molecule has 24 heavy (non-hydrogen) atoms. The highest BCUT2D eigenvalue weighted by Crippen LogP contribution is 2.22. The van der Waals surface area contributed by atoms with E-state index in [1.165, 1.54) is 5.52 Å². The third kappa shape index (κ3) is 3.71. The van der Waals surface area contributed by atoms with Gasteiger partial charge in [0, 0.05) is 25.7 Å². The lowest BCUT2D eigenvalue weighted by Crippen LogP contribution is -2.47. The second-order valence-corrected chi connectivity index (χ2v) is 6.78. The number of fused-ring (bicyclic) bond motifs is 1. The van der Waals surface area contributed by atoms with E-state index in [1.54, 1.807) is 0 Å². The van der Waals surface area contributed by atoms with Gasteiger partial charge in [0.05, 0.1) is 17.4 Å². The minimum absolute atomic E-state index is 0.107. The summed E-state index contributed by atoms with van der Waals surface area (Å²) in [4.78, 5) is 18.8. The number of rotatable bonds is 5. The molecule has 130 valence electrons. The Morgan fingerprint density at radius 2 is 1.96 bits per heavy atom. The zero-order chi connectivity index (χ0) is 16.9. The standard InChI is InChI=1S/C19H28N4O/c1-3-16(4-2)21-19(24)22-11-9-15(10-12-22)13-23-14-20-17-7-5-6-8-18(17)23/h5-8,14-16H,3-4,9-13H2,1-2H3,(H,21,24). The zero-order valence-corrected chi connectivity index (χ0v) is 14.7. The number of benzene rings is 1. The number of imidazole rings is 1. The molecule has 1 aromatic carbocycles. The first kappa shape index (κ1) is 16.8. The van der Waals surface area contributed by atoms with Gasteiger partial charge in [-0.1, -0.05) is 26.0 Å². The SMILES string of the molecule is CCC(CC)NC(=O)N1CCC(Cn2cnc3ccccc32)CC1. The number of carbonyl (C=O) groups excluding carboxylic acids is 1. The number of amides is 2. The van der Waals surface area contributed by atoms with Crippen LogP contribution < -0.4 is 5.32 Å². The van der Waals surface area contributed by atoms with E-state index < -0.39 is 0 Å². The molecule has 0 unspecified atom stereocenters. The smallest absolute Gasteiger partial charge is 0.317 e. The lowest BCUT2D eigenvalue weighted by Gasteiger charge is -2.33. The largest absolute Gasteiger partial charge is 0.335 e. The average molecular weight is 328 g/mol. The summed E-state index contributed by atoms with van der Waals surface area (Å²) in [5.74, 6) is 0.611. The highest BCUT2D eigenvalue weighted by Gasteiger charge is 2.24. The predicted octanol–water partition coefficient (Wildman–Crippen LogP) is 3.65. The normalized spacial score (nSPS) is 16.0. The third-order valence-electron chi connectivity index (χ3n) is 5.20. The van der Waals surface area contributed by atoms with Crippen molar-refractivity contribution in [2.45, 2.75) is 52.1 Å². The molecule has 0 saturated carbocycles. The van der Waals surface area contributed by atoms with Gasteiger partial charge in [-0.15, -0.1) is 0 Å². The monoisotopic (exact) mass is 328 g/mol. The summed E-state index contributed by atoms with van der Waals surface area (Å²) >= 11 is 0. The molecule has 0 atom stereocenters. The van der Waals surface area contributed by atoms with Crippen LogP contribution in [0.15, 0.2) is 30.6 Å². The van der Waals surface area contributed by atoms with Gasteiger partial charge in [-0.2, -0.15) is 0 Å². The topological polar surface area (TPSA) is 50.2 Å². The minimum Gasteiger partial charge on any atom is -0.335 e. The Morgan fingerprint density at radius 3 is 2.67 bits per heavy atom. The Hall–Kier alpha value is -2.04. The summed E-state index contributed by atoms with van der Waals surface area (Å²) in [6, 6.07) is 8.67.